The fourth-order valence-electron chi connectivity index (χ4n) is 2.98. The molecular weight excluding hydrogens is 326 g/mol. The topological polar surface area (TPSA) is 49.6 Å². The molecule has 4 nitrogen and oxygen atoms in total. The summed E-state index contributed by atoms with van der Waals surface area (Å²) in [5, 5.41) is 0. The van der Waals surface area contributed by atoms with E-state index in [2.05, 4.69) is 0 Å². The normalized spacial score (nSPS) is 22.2. The number of hydrogen-bond donors (Lipinski definition) is 1. The van der Waals surface area contributed by atoms with Crippen molar-refractivity contribution in [2.75, 3.05) is 33.2 Å². The Morgan fingerprint density at radius 1 is 1.29 bits per heavy atom. The highest BCUT2D eigenvalue weighted by molar-refractivity contribution is 5.77. The van der Waals surface area contributed by atoms with Gasteiger partial charge in [-0.15, -0.1) is 0 Å². The number of primary amides is 1. The van der Waals surface area contributed by atoms with Gasteiger partial charge in [0.05, 0.1) is 11.8 Å². The third-order valence-electron chi connectivity index (χ3n) is 4.35. The van der Waals surface area contributed by atoms with Crippen LogP contribution in [0.4, 0.5) is 17.6 Å². The summed E-state index contributed by atoms with van der Waals surface area (Å²) in [6.45, 7) is 1.34. The number of carbonyl (C=O) groups is 1. The monoisotopic (exact) mass is 347 g/mol. The van der Waals surface area contributed by atoms with Crippen molar-refractivity contribution >= 4 is 5.91 Å². The lowest BCUT2D eigenvalue weighted by atomic mass is 9.95. The maximum atomic E-state index is 13.0. The average Bonchev–Trinajstić information content (AvgIpc) is 2.92. The lowest BCUT2D eigenvalue weighted by Crippen LogP contribution is -2.37. The molecule has 0 spiro atoms. The largest absolute Gasteiger partial charge is 0.393 e. The number of nitrogens with two attached hydrogens (primary N) is 1. The quantitative estimate of drug-likeness (QED) is 0.799. The van der Waals surface area contributed by atoms with E-state index in [0.717, 1.165) is 5.56 Å². The first-order valence-corrected chi connectivity index (χ1v) is 7.68. The highest BCUT2D eigenvalue weighted by Gasteiger charge is 2.51. The summed E-state index contributed by atoms with van der Waals surface area (Å²) < 4.78 is 51.8. The van der Waals surface area contributed by atoms with E-state index >= 15 is 0 Å². The Balaban J connectivity index is 1.85. The number of nitrogens with zero attached hydrogens (tertiary/aromatic N) is 2. The molecule has 1 aromatic carbocycles. The molecule has 1 heterocycles. The van der Waals surface area contributed by atoms with E-state index in [1.165, 1.54) is 12.1 Å². The van der Waals surface area contributed by atoms with E-state index in [1.807, 2.05) is 11.9 Å². The average molecular weight is 347 g/mol. The second-order valence-electron chi connectivity index (χ2n) is 6.28. The minimum atomic E-state index is -4.42. The summed E-state index contributed by atoms with van der Waals surface area (Å²) in [4.78, 5) is 14.8. The van der Waals surface area contributed by atoms with E-state index < -0.39 is 23.9 Å². The predicted molar refractivity (Wildman–Crippen MR) is 81.4 cm³/mol. The van der Waals surface area contributed by atoms with Gasteiger partial charge in [0.15, 0.2) is 0 Å². The van der Waals surface area contributed by atoms with Crippen LogP contribution in [0.5, 0.6) is 0 Å². The van der Waals surface area contributed by atoms with Crippen LogP contribution < -0.4 is 5.73 Å². The number of carbonyl (C=O) groups excluding carboxylic acids is 1. The summed E-state index contributed by atoms with van der Waals surface area (Å²) in [5.74, 6) is -4.10. The minimum Gasteiger partial charge on any atom is -0.369 e. The number of alkyl halides is 3. The number of benzene rings is 1. The van der Waals surface area contributed by atoms with Crippen molar-refractivity contribution in [1.29, 1.82) is 0 Å². The van der Waals surface area contributed by atoms with Gasteiger partial charge in [-0.25, -0.2) is 4.39 Å². The van der Waals surface area contributed by atoms with Crippen LogP contribution in [0.3, 0.4) is 0 Å². The Morgan fingerprint density at radius 3 is 2.42 bits per heavy atom. The van der Waals surface area contributed by atoms with Crippen LogP contribution in [0.1, 0.15) is 5.56 Å². The Labute approximate surface area is 138 Å². The van der Waals surface area contributed by atoms with Crippen LogP contribution in [0.15, 0.2) is 24.3 Å². The summed E-state index contributed by atoms with van der Waals surface area (Å²) >= 11 is 0. The molecule has 8 heteroatoms. The maximum absolute atomic E-state index is 13.0. The van der Waals surface area contributed by atoms with Crippen LogP contribution in [-0.4, -0.2) is 55.1 Å². The van der Waals surface area contributed by atoms with E-state index in [1.54, 1.807) is 17.0 Å². The zero-order valence-corrected chi connectivity index (χ0v) is 13.4. The van der Waals surface area contributed by atoms with Crippen molar-refractivity contribution < 1.29 is 22.4 Å². The molecule has 1 aromatic rings. The van der Waals surface area contributed by atoms with Crippen molar-refractivity contribution in [3.8, 4) is 0 Å². The van der Waals surface area contributed by atoms with Gasteiger partial charge in [0.2, 0.25) is 5.91 Å². The molecule has 134 valence electrons. The van der Waals surface area contributed by atoms with E-state index in [4.69, 9.17) is 5.73 Å². The molecule has 0 saturated carbocycles. The van der Waals surface area contributed by atoms with Gasteiger partial charge < -0.3 is 15.5 Å². The van der Waals surface area contributed by atoms with Gasteiger partial charge in [-0.2, -0.15) is 13.2 Å². The Bertz CT molecular complexity index is 561. The first kappa shape index (κ1) is 18.7. The molecule has 0 bridgehead atoms. The molecule has 1 aliphatic heterocycles. The van der Waals surface area contributed by atoms with Crippen LogP contribution in [-0.2, 0) is 11.3 Å². The van der Waals surface area contributed by atoms with Crippen LogP contribution in [0.25, 0.3) is 0 Å². The molecule has 0 unspecified atom stereocenters. The number of halogens is 4. The molecular formula is C16H21F4N3O. The number of amides is 1. The molecule has 0 radical (unpaired) electrons. The third-order valence-corrected chi connectivity index (χ3v) is 4.35. The molecule has 24 heavy (non-hydrogen) atoms. The maximum Gasteiger partial charge on any atom is 0.393 e. The summed E-state index contributed by atoms with van der Waals surface area (Å²) in [6, 6.07) is 6.08. The van der Waals surface area contributed by atoms with E-state index in [-0.39, 0.29) is 18.9 Å². The summed E-state index contributed by atoms with van der Waals surface area (Å²) in [7, 11) is 1.84. The summed E-state index contributed by atoms with van der Waals surface area (Å²) in [6.07, 6.45) is -4.42. The van der Waals surface area contributed by atoms with Crippen LogP contribution >= 0.6 is 0 Å². The van der Waals surface area contributed by atoms with Crippen molar-refractivity contribution in [1.82, 2.24) is 9.80 Å². The zero-order chi connectivity index (χ0) is 17.9. The number of likely N-dealkylation sites (tertiary alicyclic amines) is 1. The highest BCUT2D eigenvalue weighted by Crippen LogP contribution is 2.37. The lowest BCUT2D eigenvalue weighted by Gasteiger charge is -2.22. The molecule has 2 rings (SSSR count). The van der Waals surface area contributed by atoms with Gasteiger partial charge in [0.25, 0.3) is 0 Å². The molecule has 0 aromatic heterocycles. The van der Waals surface area contributed by atoms with Crippen LogP contribution in [0, 0.1) is 17.7 Å². The van der Waals surface area contributed by atoms with Gasteiger partial charge in [-0.1, -0.05) is 12.1 Å². The Hall–Kier alpha value is -1.67. The standard InChI is InChI=1S/C16H21F4N3O/c1-22(8-11-2-4-12(17)5-3-11)6-7-23-9-13(15(21)24)14(10-23)16(18,19)20/h2-5,13-14H,6-10H2,1H3,(H2,21,24)/t13-,14-/m1/s1. The Kier molecular flexibility index (Phi) is 5.82. The van der Waals surface area contributed by atoms with Crippen molar-refractivity contribution in [2.45, 2.75) is 12.7 Å². The fourth-order valence-corrected chi connectivity index (χ4v) is 2.98. The van der Waals surface area contributed by atoms with Crippen molar-refractivity contribution in [2.24, 2.45) is 17.6 Å². The first-order valence-electron chi connectivity index (χ1n) is 7.68. The molecule has 1 amide bonds. The SMILES string of the molecule is CN(CCN1C[C@@H](C(F)(F)F)[C@H](C(N)=O)C1)Cc1ccc(F)cc1. The van der Waals surface area contributed by atoms with Gasteiger partial charge in [-0.05, 0) is 24.7 Å². The zero-order valence-electron chi connectivity index (χ0n) is 13.4. The second kappa shape index (κ2) is 7.48. The molecule has 1 saturated heterocycles. The van der Waals surface area contributed by atoms with E-state index in [0.29, 0.717) is 19.6 Å². The summed E-state index contributed by atoms with van der Waals surface area (Å²) in [5.41, 5.74) is 6.03. The molecule has 2 N–H and O–H groups in total. The lowest BCUT2D eigenvalue weighted by molar-refractivity contribution is -0.182. The fraction of sp³-hybridized carbons (Fsp3) is 0.562. The predicted octanol–water partition coefficient (Wildman–Crippen LogP) is 1.85. The van der Waals surface area contributed by atoms with Gasteiger partial charge >= 0.3 is 6.18 Å². The van der Waals surface area contributed by atoms with Gasteiger partial charge in [0, 0.05) is 32.7 Å². The van der Waals surface area contributed by atoms with E-state index in [9.17, 15) is 22.4 Å². The number of rotatable bonds is 6. The van der Waals surface area contributed by atoms with Gasteiger partial charge in [0.1, 0.15) is 5.82 Å². The third kappa shape index (κ3) is 4.91. The number of likely N-dealkylation sites (N-methyl/N-ethyl adjacent to an activating group) is 1. The highest BCUT2D eigenvalue weighted by atomic mass is 19.4. The first-order chi connectivity index (χ1) is 11.2. The number of hydrogen-bond acceptors (Lipinski definition) is 3. The Morgan fingerprint density at radius 2 is 1.92 bits per heavy atom. The smallest absolute Gasteiger partial charge is 0.369 e. The van der Waals surface area contributed by atoms with Crippen molar-refractivity contribution in [3.63, 3.8) is 0 Å². The molecule has 2 atom stereocenters. The van der Waals surface area contributed by atoms with Crippen molar-refractivity contribution in [3.05, 3.63) is 35.6 Å². The minimum absolute atomic E-state index is 0.0316. The molecule has 1 aliphatic rings. The van der Waals surface area contributed by atoms with Crippen LogP contribution in [0.2, 0.25) is 0 Å². The van der Waals surface area contributed by atoms with Gasteiger partial charge in [-0.3, -0.25) is 4.79 Å². The molecule has 1 fully saturated rings. The molecule has 0 aliphatic carbocycles. The second-order valence-corrected chi connectivity index (χ2v) is 6.28.